The monoisotopic (exact) mass is 468 g/mol. The van der Waals surface area contributed by atoms with Crippen molar-refractivity contribution in [2.45, 2.75) is 18.2 Å². The average molecular weight is 469 g/mol. The Morgan fingerprint density at radius 3 is 2.45 bits per heavy atom. The third-order valence-corrected chi connectivity index (χ3v) is 6.12. The minimum absolute atomic E-state index is 0.0394. The van der Waals surface area contributed by atoms with Crippen LogP contribution in [0.15, 0.2) is 47.4 Å². The van der Waals surface area contributed by atoms with Crippen LogP contribution >= 0.6 is 11.6 Å². The summed E-state index contributed by atoms with van der Waals surface area (Å²) in [6.45, 7) is 2.50. The number of anilines is 1. The zero-order valence-corrected chi connectivity index (χ0v) is 19.3. The van der Waals surface area contributed by atoms with E-state index in [1.807, 2.05) is 6.92 Å². The van der Waals surface area contributed by atoms with Crippen molar-refractivity contribution in [3.63, 3.8) is 0 Å². The van der Waals surface area contributed by atoms with Crippen molar-refractivity contribution in [3.8, 4) is 11.5 Å². The van der Waals surface area contributed by atoms with Crippen LogP contribution in [-0.2, 0) is 19.7 Å². The zero-order valence-electron chi connectivity index (χ0n) is 17.7. The molecule has 10 heteroatoms. The summed E-state index contributed by atoms with van der Waals surface area (Å²) in [6, 6.07) is 9.12. The second-order valence-electron chi connectivity index (χ2n) is 6.33. The van der Waals surface area contributed by atoms with Crippen LogP contribution in [0.1, 0.15) is 18.9 Å². The van der Waals surface area contributed by atoms with Gasteiger partial charge in [-0.3, -0.25) is 9.63 Å². The van der Waals surface area contributed by atoms with Gasteiger partial charge in [-0.05, 0) is 54.5 Å². The maximum Gasteiger partial charge on any atom is 0.264 e. The Morgan fingerprint density at radius 1 is 1.19 bits per heavy atom. The normalized spacial score (nSPS) is 11.7. The third kappa shape index (κ3) is 6.44. The van der Waals surface area contributed by atoms with Crippen molar-refractivity contribution in [2.75, 3.05) is 33.2 Å². The number of sulfonamides is 1. The number of ether oxygens (including phenoxy) is 2. The lowest BCUT2D eigenvalue weighted by Crippen LogP contribution is -2.25. The first-order chi connectivity index (χ1) is 14.7. The Balaban J connectivity index is 2.10. The molecule has 0 radical (unpaired) electrons. The predicted octanol–water partition coefficient (Wildman–Crippen LogP) is 3.97. The maximum absolute atomic E-state index is 12.2. The van der Waals surface area contributed by atoms with Crippen molar-refractivity contribution in [1.82, 2.24) is 4.47 Å². The molecule has 31 heavy (non-hydrogen) atoms. The van der Waals surface area contributed by atoms with Gasteiger partial charge in [-0.15, -0.1) is 0 Å². The van der Waals surface area contributed by atoms with Gasteiger partial charge in [0.15, 0.2) is 11.5 Å². The Bertz CT molecular complexity index is 1040. The van der Waals surface area contributed by atoms with Crippen molar-refractivity contribution >= 4 is 39.3 Å². The van der Waals surface area contributed by atoms with Crippen molar-refractivity contribution < 1.29 is 27.5 Å². The number of methoxy groups -OCH3 is 1. The molecule has 0 fully saturated rings. The van der Waals surface area contributed by atoms with Crippen molar-refractivity contribution in [2.24, 2.45) is 0 Å². The molecule has 0 aromatic heterocycles. The lowest BCUT2D eigenvalue weighted by atomic mass is 10.2. The second kappa shape index (κ2) is 11.1. The lowest BCUT2D eigenvalue weighted by molar-refractivity contribution is -0.111. The van der Waals surface area contributed by atoms with Crippen molar-refractivity contribution in [3.05, 3.63) is 53.1 Å². The number of hydrogen-bond donors (Lipinski definition) is 1. The fourth-order valence-corrected chi connectivity index (χ4v) is 3.74. The molecular weight excluding hydrogens is 444 g/mol. The molecule has 0 unspecified atom stereocenters. The molecule has 0 aliphatic carbocycles. The summed E-state index contributed by atoms with van der Waals surface area (Å²) in [5.41, 5.74) is 1.09. The summed E-state index contributed by atoms with van der Waals surface area (Å²) in [4.78, 5) is 17.0. The van der Waals surface area contributed by atoms with E-state index in [-0.39, 0.29) is 4.90 Å². The quantitative estimate of drug-likeness (QED) is 0.419. The molecule has 2 aromatic rings. The summed E-state index contributed by atoms with van der Waals surface area (Å²) in [5, 5.41) is 3.04. The Morgan fingerprint density at radius 2 is 1.87 bits per heavy atom. The standard InChI is InChI=1S/C21H25ClN2O6S/c1-5-12-30-21-18(22)13-15(14-19(21)28-3)6-11-20(25)23-16-7-9-17(10-8-16)31(26,27)24(2)29-4/h6-11,13-14H,5,12H2,1-4H3,(H,23,25)/b11-6+. The number of benzene rings is 2. The highest BCUT2D eigenvalue weighted by molar-refractivity contribution is 7.89. The fourth-order valence-electron chi connectivity index (χ4n) is 2.49. The first-order valence-electron chi connectivity index (χ1n) is 9.35. The molecule has 0 saturated carbocycles. The van der Waals surface area contributed by atoms with Gasteiger partial charge in [-0.2, -0.15) is 0 Å². The minimum atomic E-state index is -3.75. The Hall–Kier alpha value is -2.59. The summed E-state index contributed by atoms with van der Waals surface area (Å²) in [7, 11) is 0.310. The number of amides is 1. The second-order valence-corrected chi connectivity index (χ2v) is 8.67. The predicted molar refractivity (Wildman–Crippen MR) is 120 cm³/mol. The van der Waals surface area contributed by atoms with Gasteiger partial charge < -0.3 is 14.8 Å². The Kier molecular flexibility index (Phi) is 8.88. The van der Waals surface area contributed by atoms with Gasteiger partial charge in [0.25, 0.3) is 10.0 Å². The molecule has 1 amide bonds. The average Bonchev–Trinajstić information content (AvgIpc) is 2.76. The smallest absolute Gasteiger partial charge is 0.264 e. The number of nitrogens with one attached hydrogen (secondary N) is 1. The molecule has 2 aromatic carbocycles. The van der Waals surface area contributed by atoms with Crippen LogP contribution in [0, 0.1) is 0 Å². The van der Waals surface area contributed by atoms with E-state index >= 15 is 0 Å². The van der Waals surface area contributed by atoms with Gasteiger partial charge in [-0.1, -0.05) is 23.0 Å². The summed E-state index contributed by atoms with van der Waals surface area (Å²) < 4.78 is 36.1. The number of hydrogen-bond acceptors (Lipinski definition) is 6. The Labute approximate surface area is 187 Å². The summed E-state index contributed by atoms with van der Waals surface area (Å²) >= 11 is 6.28. The first-order valence-corrected chi connectivity index (χ1v) is 11.2. The van der Waals surface area contributed by atoms with E-state index < -0.39 is 15.9 Å². The van der Waals surface area contributed by atoms with Gasteiger partial charge in [0.1, 0.15) is 0 Å². The molecule has 0 bridgehead atoms. The molecule has 0 saturated heterocycles. The third-order valence-electron chi connectivity index (χ3n) is 4.14. The minimum Gasteiger partial charge on any atom is -0.493 e. The van der Waals surface area contributed by atoms with E-state index in [2.05, 4.69) is 5.32 Å². The molecule has 2 rings (SSSR count). The van der Waals surface area contributed by atoms with Gasteiger partial charge in [0, 0.05) is 18.8 Å². The molecule has 168 valence electrons. The fraction of sp³-hybridized carbons (Fsp3) is 0.286. The van der Waals surface area contributed by atoms with Crippen LogP contribution in [0.25, 0.3) is 6.08 Å². The highest BCUT2D eigenvalue weighted by atomic mass is 35.5. The van der Waals surface area contributed by atoms with E-state index in [1.54, 1.807) is 18.2 Å². The van der Waals surface area contributed by atoms with Crippen LogP contribution in [0.2, 0.25) is 5.02 Å². The first kappa shape index (κ1) is 24.7. The largest absolute Gasteiger partial charge is 0.493 e. The highest BCUT2D eigenvalue weighted by Crippen LogP contribution is 2.36. The molecule has 0 atom stereocenters. The van der Waals surface area contributed by atoms with E-state index in [0.29, 0.717) is 34.4 Å². The van der Waals surface area contributed by atoms with Gasteiger partial charge >= 0.3 is 0 Å². The van der Waals surface area contributed by atoms with E-state index in [4.69, 9.17) is 25.9 Å². The molecule has 0 spiro atoms. The summed E-state index contributed by atoms with van der Waals surface area (Å²) in [6.07, 6.45) is 3.75. The highest BCUT2D eigenvalue weighted by Gasteiger charge is 2.20. The van der Waals surface area contributed by atoms with Crippen LogP contribution in [0.3, 0.4) is 0 Å². The molecule has 8 nitrogen and oxygen atoms in total. The number of halogens is 1. The van der Waals surface area contributed by atoms with Gasteiger partial charge in [-0.25, -0.2) is 8.42 Å². The molecule has 0 aliphatic heterocycles. The topological polar surface area (TPSA) is 94.2 Å². The number of nitrogens with zero attached hydrogens (tertiary/aromatic N) is 1. The van der Waals surface area contributed by atoms with Crippen LogP contribution in [0.5, 0.6) is 11.5 Å². The van der Waals surface area contributed by atoms with E-state index in [1.165, 1.54) is 51.6 Å². The number of rotatable bonds is 10. The zero-order chi connectivity index (χ0) is 23.0. The number of carbonyl (C=O) groups is 1. The molecular formula is C21H25ClN2O6S. The molecule has 0 aliphatic rings. The maximum atomic E-state index is 12.2. The van der Waals surface area contributed by atoms with Crippen molar-refractivity contribution in [1.29, 1.82) is 0 Å². The molecule has 1 N–H and O–H groups in total. The SMILES string of the molecule is CCCOc1c(Cl)cc(/C=C/C(=O)Nc2ccc(S(=O)(=O)N(C)OC)cc2)cc1OC. The van der Waals surface area contributed by atoms with Gasteiger partial charge in [0.05, 0.1) is 30.7 Å². The number of hydroxylamine groups is 1. The van der Waals surface area contributed by atoms with Crippen LogP contribution in [-0.4, -0.2) is 46.7 Å². The van der Waals surface area contributed by atoms with Crippen LogP contribution < -0.4 is 14.8 Å². The molecule has 0 heterocycles. The summed E-state index contributed by atoms with van der Waals surface area (Å²) in [5.74, 6) is 0.534. The van der Waals surface area contributed by atoms with Crippen LogP contribution in [0.4, 0.5) is 5.69 Å². The lowest BCUT2D eigenvalue weighted by Gasteiger charge is -2.14. The van der Waals surface area contributed by atoms with Gasteiger partial charge in [0.2, 0.25) is 5.91 Å². The number of carbonyl (C=O) groups excluding carboxylic acids is 1. The van der Waals surface area contributed by atoms with E-state index in [9.17, 15) is 13.2 Å². The van der Waals surface area contributed by atoms with E-state index in [0.717, 1.165) is 10.9 Å².